The summed E-state index contributed by atoms with van der Waals surface area (Å²) in [6.45, 7) is 1.25. The van der Waals surface area contributed by atoms with Crippen molar-refractivity contribution in [2.24, 2.45) is 0 Å². The molecule has 34 heavy (non-hydrogen) atoms. The molecule has 8 nitrogen and oxygen atoms in total. The van der Waals surface area contributed by atoms with E-state index in [-0.39, 0.29) is 18.1 Å². The van der Waals surface area contributed by atoms with Crippen molar-refractivity contribution in [3.8, 4) is 0 Å². The lowest BCUT2D eigenvalue weighted by molar-refractivity contribution is -0.278. The number of aliphatic hydroxyl groups is 1. The van der Waals surface area contributed by atoms with E-state index < -0.39 is 47.8 Å². The minimum atomic E-state index is -4.78. The minimum Gasteiger partial charge on any atom is -0.393 e. The maximum absolute atomic E-state index is 14.0. The fourth-order valence-corrected chi connectivity index (χ4v) is 4.13. The molecule has 1 aromatic heterocycles. The predicted octanol–water partition coefficient (Wildman–Crippen LogP) is 3.30. The number of aliphatic hydroxyl groups excluding tert-OH is 1. The fourth-order valence-electron chi connectivity index (χ4n) is 4.13. The average molecular weight is 482 g/mol. The maximum atomic E-state index is 14.0. The Morgan fingerprint density at radius 2 is 2.03 bits per heavy atom. The summed E-state index contributed by atoms with van der Waals surface area (Å²) in [5.41, 5.74) is -1.23. The number of rotatable bonds is 6. The second-order valence-electron chi connectivity index (χ2n) is 7.93. The van der Waals surface area contributed by atoms with E-state index in [0.717, 1.165) is 12.1 Å². The molecule has 0 bridgehead atoms. The smallest absolute Gasteiger partial charge is 0.393 e. The number of hydrogen-bond acceptors (Lipinski definition) is 6. The van der Waals surface area contributed by atoms with Crippen molar-refractivity contribution in [2.75, 3.05) is 24.7 Å². The molecule has 1 aliphatic heterocycles. The van der Waals surface area contributed by atoms with E-state index in [1.54, 1.807) is 42.2 Å². The topological polar surface area (TPSA) is 103 Å². The molecule has 1 unspecified atom stereocenters. The van der Waals surface area contributed by atoms with Gasteiger partial charge in [-0.3, -0.25) is 4.98 Å². The molecule has 0 amide bonds. The van der Waals surface area contributed by atoms with E-state index in [0.29, 0.717) is 18.2 Å². The molecule has 4 rings (SSSR count). The van der Waals surface area contributed by atoms with Crippen LogP contribution in [0.3, 0.4) is 0 Å². The van der Waals surface area contributed by atoms with Crippen molar-refractivity contribution in [1.82, 2.24) is 15.2 Å². The fraction of sp³-hybridized carbons (Fsp3) is 0.364. The molecule has 1 saturated heterocycles. The highest BCUT2D eigenvalue weighted by molar-refractivity contribution is 5.38. The van der Waals surface area contributed by atoms with Gasteiger partial charge in [0.1, 0.15) is 18.0 Å². The van der Waals surface area contributed by atoms with Crippen molar-refractivity contribution in [3.63, 3.8) is 0 Å². The van der Waals surface area contributed by atoms with E-state index in [2.05, 4.69) is 15.2 Å². The third kappa shape index (κ3) is 4.83. The Hall–Kier alpha value is -3.22. The quantitative estimate of drug-likeness (QED) is 0.466. The minimum absolute atomic E-state index is 0.115. The number of alkyl halides is 3. The van der Waals surface area contributed by atoms with Gasteiger partial charge in [-0.1, -0.05) is 30.3 Å². The van der Waals surface area contributed by atoms with Crippen molar-refractivity contribution < 1.29 is 32.1 Å². The Labute approximate surface area is 191 Å². The van der Waals surface area contributed by atoms with Gasteiger partial charge in [0.2, 0.25) is 5.95 Å². The van der Waals surface area contributed by atoms with Crippen LogP contribution in [-0.2, 0) is 15.7 Å². The Balaban J connectivity index is 1.74. The van der Waals surface area contributed by atoms with Crippen LogP contribution in [0.25, 0.3) is 0 Å². The van der Waals surface area contributed by atoms with Gasteiger partial charge in [-0.2, -0.15) is 13.2 Å². The van der Waals surface area contributed by atoms with Crippen LogP contribution >= 0.6 is 0 Å². The summed E-state index contributed by atoms with van der Waals surface area (Å²) in [6.07, 6.45) is -6.12. The first-order valence-corrected chi connectivity index (χ1v) is 10.4. The molecule has 0 aliphatic carbocycles. The number of halogens is 4. The predicted molar refractivity (Wildman–Crippen MR) is 112 cm³/mol. The lowest BCUT2D eigenvalue weighted by atomic mass is 9.95. The third-order valence-corrected chi connectivity index (χ3v) is 5.57. The molecule has 2 heterocycles. The van der Waals surface area contributed by atoms with Gasteiger partial charge in [0.05, 0.1) is 18.8 Å². The number of H-pyrrole nitrogens is 2. The van der Waals surface area contributed by atoms with E-state index in [1.165, 1.54) is 0 Å². The van der Waals surface area contributed by atoms with Crippen LogP contribution < -0.4 is 10.6 Å². The van der Waals surface area contributed by atoms with Crippen LogP contribution in [0.2, 0.25) is 0 Å². The van der Waals surface area contributed by atoms with E-state index >= 15 is 0 Å². The highest BCUT2D eigenvalue weighted by Crippen LogP contribution is 2.43. The van der Waals surface area contributed by atoms with Crippen LogP contribution in [0, 0.1) is 5.82 Å². The van der Waals surface area contributed by atoms with Crippen molar-refractivity contribution in [1.29, 1.82) is 0 Å². The largest absolute Gasteiger partial charge is 0.416 e. The van der Waals surface area contributed by atoms with Gasteiger partial charge in [-0.25, -0.2) is 14.3 Å². The standard InChI is InChI=1S/C22H22F4N4O4/c1-21(34-17(12-31)14-9-15(22(24,25)26)11-16(23)10-14)18(13-5-3-2-4-6-13)30(7-8-33-21)19-27-20(32)29-28-19/h2-6,9-11,17-18,31H,7-8,12H2,1H3,(H2,27,28,29,32)/t17?,18-,21+/m0/s1. The molecular formula is C22H22F4N4O4. The second kappa shape index (κ2) is 9.20. The summed E-state index contributed by atoms with van der Waals surface area (Å²) < 4.78 is 65.8. The molecule has 3 N–H and O–H groups in total. The van der Waals surface area contributed by atoms with Gasteiger partial charge in [-0.05, 0) is 36.2 Å². The lowest BCUT2D eigenvalue weighted by Crippen LogP contribution is -2.55. The van der Waals surface area contributed by atoms with Crippen molar-refractivity contribution in [2.45, 2.75) is 31.0 Å². The van der Waals surface area contributed by atoms with Gasteiger partial charge in [0.15, 0.2) is 5.79 Å². The number of morpholine rings is 1. The summed E-state index contributed by atoms with van der Waals surface area (Å²) in [5, 5.41) is 16.3. The van der Waals surface area contributed by atoms with E-state index in [1.807, 2.05) is 0 Å². The number of anilines is 1. The molecule has 1 aliphatic rings. The molecule has 1 fully saturated rings. The first kappa shape index (κ1) is 23.9. The lowest BCUT2D eigenvalue weighted by Gasteiger charge is -2.48. The van der Waals surface area contributed by atoms with Gasteiger partial charge >= 0.3 is 11.9 Å². The summed E-state index contributed by atoms with van der Waals surface area (Å²) in [7, 11) is 0. The molecule has 12 heteroatoms. The second-order valence-corrected chi connectivity index (χ2v) is 7.93. The first-order valence-electron chi connectivity index (χ1n) is 10.4. The highest BCUT2D eigenvalue weighted by Gasteiger charge is 2.47. The van der Waals surface area contributed by atoms with E-state index in [9.17, 15) is 27.5 Å². The molecule has 2 aromatic carbocycles. The zero-order valence-electron chi connectivity index (χ0n) is 18.0. The number of aromatic amines is 2. The monoisotopic (exact) mass is 482 g/mol. The molecule has 182 valence electrons. The summed E-state index contributed by atoms with van der Waals surface area (Å²) >= 11 is 0. The number of hydrogen-bond donors (Lipinski definition) is 3. The molecular weight excluding hydrogens is 460 g/mol. The number of ether oxygens (including phenoxy) is 2. The van der Waals surface area contributed by atoms with E-state index in [4.69, 9.17) is 9.47 Å². The van der Waals surface area contributed by atoms with Crippen LogP contribution in [-0.4, -0.2) is 45.8 Å². The Morgan fingerprint density at radius 3 is 2.65 bits per heavy atom. The zero-order chi connectivity index (χ0) is 24.5. The van der Waals surface area contributed by atoms with Crippen molar-refractivity contribution in [3.05, 3.63) is 81.5 Å². The number of benzene rings is 2. The first-order chi connectivity index (χ1) is 16.1. The SMILES string of the molecule is C[C@]1(OC(CO)c2cc(F)cc(C(F)(F)F)c2)OCCN(c2n[nH]c(=O)[nH]2)[C@H]1c1ccccc1. The molecule has 0 spiro atoms. The van der Waals surface area contributed by atoms with Crippen LogP contribution in [0.4, 0.5) is 23.5 Å². The maximum Gasteiger partial charge on any atom is 0.416 e. The van der Waals surface area contributed by atoms with Gasteiger partial charge in [-0.15, -0.1) is 5.10 Å². The van der Waals surface area contributed by atoms with Crippen LogP contribution in [0.5, 0.6) is 0 Å². The molecule has 0 saturated carbocycles. The zero-order valence-corrected chi connectivity index (χ0v) is 18.0. The molecule has 3 atom stereocenters. The Kier molecular flexibility index (Phi) is 6.47. The Bertz CT molecular complexity index is 1180. The van der Waals surface area contributed by atoms with Gasteiger partial charge < -0.3 is 19.5 Å². The summed E-state index contributed by atoms with van der Waals surface area (Å²) in [5.74, 6) is -2.44. The van der Waals surface area contributed by atoms with Crippen molar-refractivity contribution >= 4 is 5.95 Å². The van der Waals surface area contributed by atoms with Crippen LogP contribution in [0.15, 0.2) is 53.3 Å². The molecule has 0 radical (unpaired) electrons. The average Bonchev–Trinajstić information content (AvgIpc) is 3.23. The molecule has 3 aromatic rings. The highest BCUT2D eigenvalue weighted by atomic mass is 19.4. The summed E-state index contributed by atoms with van der Waals surface area (Å²) in [4.78, 5) is 16.0. The number of nitrogens with zero attached hydrogens (tertiary/aromatic N) is 2. The van der Waals surface area contributed by atoms with Gasteiger partial charge in [0, 0.05) is 6.54 Å². The number of aromatic nitrogens is 3. The number of nitrogens with one attached hydrogen (secondary N) is 2. The third-order valence-electron chi connectivity index (χ3n) is 5.57. The van der Waals surface area contributed by atoms with Crippen LogP contribution in [0.1, 0.15) is 35.8 Å². The summed E-state index contributed by atoms with van der Waals surface area (Å²) in [6, 6.07) is 10.2. The Morgan fingerprint density at radius 1 is 1.29 bits per heavy atom. The normalized spacial score (nSPS) is 22.1. The van der Waals surface area contributed by atoms with Gasteiger partial charge in [0.25, 0.3) is 0 Å².